The lowest BCUT2D eigenvalue weighted by atomic mass is 10.1. The van der Waals surface area contributed by atoms with Crippen LogP contribution in [0.1, 0.15) is 5.56 Å². The second kappa shape index (κ2) is 10.3. The Labute approximate surface area is 214 Å². The molecule has 2 aromatic carbocycles. The van der Waals surface area contributed by atoms with Crippen LogP contribution in [0, 0.1) is 6.92 Å². The van der Waals surface area contributed by atoms with Crippen molar-refractivity contribution in [3.8, 4) is 22.8 Å². The number of ether oxygens (including phenoxy) is 2. The van der Waals surface area contributed by atoms with E-state index < -0.39 is 6.04 Å². The van der Waals surface area contributed by atoms with E-state index in [1.165, 1.54) is 0 Å². The highest BCUT2D eigenvalue weighted by Gasteiger charge is 2.32. The van der Waals surface area contributed by atoms with E-state index in [0.717, 1.165) is 16.8 Å². The van der Waals surface area contributed by atoms with Gasteiger partial charge in [-0.1, -0.05) is 12.1 Å². The maximum Gasteiger partial charge on any atom is 0.248 e. The number of nitrogens with zero attached hydrogens (tertiary/aromatic N) is 4. The monoisotopic (exact) mass is 499 g/mol. The first kappa shape index (κ1) is 24.3. The molecular formula is C27H29N7O3. The number of aromatic nitrogens is 3. The van der Waals surface area contributed by atoms with Crippen LogP contribution in [0.4, 0.5) is 17.5 Å². The third kappa shape index (κ3) is 4.96. The van der Waals surface area contributed by atoms with Gasteiger partial charge in [-0.05, 0) is 55.0 Å². The highest BCUT2D eigenvalue weighted by atomic mass is 16.5. The highest BCUT2D eigenvalue weighted by molar-refractivity contribution is 5.99. The minimum atomic E-state index is -0.515. The quantitative estimate of drug-likeness (QED) is 0.367. The first-order valence-electron chi connectivity index (χ1n) is 12.0. The van der Waals surface area contributed by atoms with Gasteiger partial charge in [0.05, 0.1) is 25.4 Å². The summed E-state index contributed by atoms with van der Waals surface area (Å²) in [6, 6.07) is 16.6. The van der Waals surface area contributed by atoms with Gasteiger partial charge in [0.15, 0.2) is 17.3 Å². The van der Waals surface area contributed by atoms with Crippen LogP contribution >= 0.6 is 0 Å². The average Bonchev–Trinajstić information content (AvgIpc) is 2.92. The molecule has 190 valence electrons. The van der Waals surface area contributed by atoms with Gasteiger partial charge in [-0.2, -0.15) is 4.98 Å². The van der Waals surface area contributed by atoms with E-state index in [1.54, 1.807) is 14.2 Å². The molecule has 0 saturated carbocycles. The molecule has 0 radical (unpaired) electrons. The predicted octanol–water partition coefficient (Wildman–Crippen LogP) is 3.02. The Hall–Kier alpha value is -4.44. The van der Waals surface area contributed by atoms with Crippen molar-refractivity contribution in [2.24, 2.45) is 0 Å². The number of methoxy groups -OCH3 is 2. The Morgan fingerprint density at radius 1 is 1.05 bits per heavy atom. The molecule has 3 heterocycles. The number of anilines is 3. The van der Waals surface area contributed by atoms with Crippen LogP contribution in [-0.2, 0) is 4.79 Å². The van der Waals surface area contributed by atoms with Crippen LogP contribution in [-0.4, -0.2) is 60.8 Å². The van der Waals surface area contributed by atoms with Crippen molar-refractivity contribution in [1.29, 1.82) is 0 Å². The highest BCUT2D eigenvalue weighted by Crippen LogP contribution is 2.33. The van der Waals surface area contributed by atoms with Gasteiger partial charge in [-0.3, -0.25) is 4.79 Å². The molecule has 4 aromatic rings. The van der Waals surface area contributed by atoms with Gasteiger partial charge >= 0.3 is 0 Å². The maximum absolute atomic E-state index is 13.4. The summed E-state index contributed by atoms with van der Waals surface area (Å²) in [5.41, 5.74) is 10.6. The Morgan fingerprint density at radius 2 is 1.89 bits per heavy atom. The Kier molecular flexibility index (Phi) is 6.74. The lowest BCUT2D eigenvalue weighted by molar-refractivity contribution is -0.117. The molecule has 2 aromatic heterocycles. The number of rotatable bonds is 6. The summed E-state index contributed by atoms with van der Waals surface area (Å²) in [7, 11) is 3.19. The molecule has 0 spiro atoms. The van der Waals surface area contributed by atoms with Crippen molar-refractivity contribution in [3.63, 3.8) is 0 Å². The Morgan fingerprint density at radius 3 is 2.68 bits per heavy atom. The van der Waals surface area contributed by atoms with Gasteiger partial charge in [0, 0.05) is 30.9 Å². The lowest BCUT2D eigenvalue weighted by Crippen LogP contribution is -2.57. The third-order valence-corrected chi connectivity index (χ3v) is 6.32. The number of nitrogen functional groups attached to an aromatic ring is 1. The van der Waals surface area contributed by atoms with E-state index in [4.69, 9.17) is 20.2 Å². The summed E-state index contributed by atoms with van der Waals surface area (Å²) >= 11 is 0. The predicted molar refractivity (Wildman–Crippen MR) is 144 cm³/mol. The first-order valence-corrected chi connectivity index (χ1v) is 12.0. The molecule has 10 heteroatoms. The van der Waals surface area contributed by atoms with Crippen LogP contribution in [0.2, 0.25) is 0 Å². The smallest absolute Gasteiger partial charge is 0.248 e. The van der Waals surface area contributed by atoms with Crippen LogP contribution in [0.15, 0.2) is 54.6 Å². The Bertz CT molecular complexity index is 1460. The summed E-state index contributed by atoms with van der Waals surface area (Å²) in [5, 5.41) is 6.35. The second-order valence-corrected chi connectivity index (χ2v) is 8.81. The number of aryl methyl sites for hydroxylation is 1. The first-order chi connectivity index (χ1) is 18.0. The number of nitrogens with two attached hydrogens (primary N) is 1. The second-order valence-electron chi connectivity index (χ2n) is 8.81. The summed E-state index contributed by atoms with van der Waals surface area (Å²) < 4.78 is 10.8. The van der Waals surface area contributed by atoms with Gasteiger partial charge in [0.1, 0.15) is 11.6 Å². The zero-order chi connectivity index (χ0) is 25.9. The van der Waals surface area contributed by atoms with Crippen molar-refractivity contribution < 1.29 is 14.3 Å². The molecule has 1 atom stereocenters. The number of fused-ring (bicyclic) bond motifs is 1. The molecule has 37 heavy (non-hydrogen) atoms. The summed E-state index contributed by atoms with van der Waals surface area (Å²) in [6.45, 7) is 3.69. The fourth-order valence-electron chi connectivity index (χ4n) is 4.51. The van der Waals surface area contributed by atoms with Gasteiger partial charge in [0.2, 0.25) is 11.9 Å². The normalized spacial score (nSPS) is 15.4. The van der Waals surface area contributed by atoms with Crippen molar-refractivity contribution in [2.75, 3.05) is 49.8 Å². The minimum absolute atomic E-state index is 0.125. The topological polar surface area (TPSA) is 128 Å². The van der Waals surface area contributed by atoms with Crippen molar-refractivity contribution >= 4 is 34.4 Å². The zero-order valence-corrected chi connectivity index (χ0v) is 21.0. The molecule has 1 aliphatic rings. The third-order valence-electron chi connectivity index (χ3n) is 6.32. The van der Waals surface area contributed by atoms with Crippen LogP contribution in [0.3, 0.4) is 0 Å². The van der Waals surface area contributed by atoms with Crippen molar-refractivity contribution in [2.45, 2.75) is 13.0 Å². The molecule has 4 N–H and O–H groups in total. The number of benzene rings is 2. The number of nitrogens with one attached hydrogen (secondary N) is 2. The number of carbonyl (C=O) groups is 1. The van der Waals surface area contributed by atoms with E-state index in [9.17, 15) is 4.79 Å². The number of pyridine rings is 1. The summed E-state index contributed by atoms with van der Waals surface area (Å²) in [6.07, 6.45) is 0. The molecular weight excluding hydrogens is 470 g/mol. The molecule has 0 aliphatic carbocycles. The number of hydrogen-bond acceptors (Lipinski definition) is 9. The van der Waals surface area contributed by atoms with Crippen molar-refractivity contribution in [3.05, 3.63) is 60.2 Å². The Balaban J connectivity index is 1.54. The minimum Gasteiger partial charge on any atom is -0.493 e. The van der Waals surface area contributed by atoms with E-state index in [0.29, 0.717) is 53.7 Å². The van der Waals surface area contributed by atoms with Gasteiger partial charge in [-0.15, -0.1) is 0 Å². The molecule has 1 aliphatic heterocycles. The molecule has 1 amide bonds. The number of piperazine rings is 1. The number of hydrogen-bond donors (Lipinski definition) is 3. The van der Waals surface area contributed by atoms with Crippen LogP contribution in [0.25, 0.3) is 22.3 Å². The lowest BCUT2D eigenvalue weighted by Gasteiger charge is -2.36. The van der Waals surface area contributed by atoms with Crippen molar-refractivity contribution in [1.82, 2.24) is 20.3 Å². The van der Waals surface area contributed by atoms with Crippen LogP contribution < -0.4 is 30.7 Å². The average molecular weight is 500 g/mol. The maximum atomic E-state index is 13.4. The largest absolute Gasteiger partial charge is 0.493 e. The molecule has 1 fully saturated rings. The molecule has 5 rings (SSSR count). The van der Waals surface area contributed by atoms with Gasteiger partial charge < -0.3 is 30.7 Å². The number of carbonyl (C=O) groups excluding carboxylic acids is 1. The van der Waals surface area contributed by atoms with E-state index in [2.05, 4.69) is 20.6 Å². The van der Waals surface area contributed by atoms with E-state index in [-0.39, 0.29) is 11.9 Å². The number of amides is 1. The molecule has 1 unspecified atom stereocenters. The molecule has 0 bridgehead atoms. The van der Waals surface area contributed by atoms with Crippen LogP contribution in [0.5, 0.6) is 11.5 Å². The summed E-state index contributed by atoms with van der Waals surface area (Å²) in [4.78, 5) is 29.2. The van der Waals surface area contributed by atoms with E-state index in [1.807, 2.05) is 66.4 Å². The SMILES string of the molecule is COc1ccc(-c2ccc3nc(N)nc(N4CCNCC4C(=O)Nc4cccc(C)c4)c3n2)cc1OC. The van der Waals surface area contributed by atoms with Gasteiger partial charge in [0.25, 0.3) is 0 Å². The molecule has 1 saturated heterocycles. The van der Waals surface area contributed by atoms with E-state index >= 15 is 0 Å². The molecule has 10 nitrogen and oxygen atoms in total. The standard InChI is InChI=1S/C27H29N7O3/c1-16-5-4-6-18(13-16)30-26(35)21-15-29-11-12-34(21)25-24-20(32-27(28)33-25)9-8-19(31-24)17-7-10-22(36-2)23(14-17)37-3/h4-10,13-14,21,29H,11-12,15H2,1-3H3,(H,30,35)(H2,28,32,33). The van der Waals surface area contributed by atoms with Gasteiger partial charge in [-0.25, -0.2) is 9.97 Å². The summed E-state index contributed by atoms with van der Waals surface area (Å²) in [5.74, 6) is 1.74. The zero-order valence-electron chi connectivity index (χ0n) is 21.0. The fraction of sp³-hybridized carbons (Fsp3) is 0.259. The fourth-order valence-corrected chi connectivity index (χ4v) is 4.51.